The highest BCUT2D eigenvalue weighted by atomic mass is 32.1. The summed E-state index contributed by atoms with van der Waals surface area (Å²) in [5, 5.41) is 12.7. The topological polar surface area (TPSA) is 101 Å². The van der Waals surface area contributed by atoms with Crippen LogP contribution in [0.1, 0.15) is 51.2 Å². The summed E-state index contributed by atoms with van der Waals surface area (Å²) in [7, 11) is 0. The van der Waals surface area contributed by atoms with Crippen LogP contribution < -0.4 is 10.1 Å². The Morgan fingerprint density at radius 1 is 1.00 bits per heavy atom. The summed E-state index contributed by atoms with van der Waals surface area (Å²) in [4.78, 5) is 42.2. The van der Waals surface area contributed by atoms with Gasteiger partial charge in [-0.2, -0.15) is 4.99 Å². The van der Waals surface area contributed by atoms with Crippen LogP contribution in [0.4, 0.5) is 0 Å². The van der Waals surface area contributed by atoms with Crippen LogP contribution in [-0.4, -0.2) is 27.5 Å². The predicted molar refractivity (Wildman–Crippen MR) is 135 cm³/mol. The van der Waals surface area contributed by atoms with Crippen molar-refractivity contribution in [1.82, 2.24) is 9.88 Å². The summed E-state index contributed by atoms with van der Waals surface area (Å²) < 4.78 is 2.24. The number of carbonyl (C=O) groups excluding carboxylic acids is 2. The van der Waals surface area contributed by atoms with Crippen molar-refractivity contribution in [2.24, 2.45) is 4.99 Å². The molecule has 7 nitrogen and oxygen atoms in total. The van der Waals surface area contributed by atoms with E-state index in [2.05, 4.69) is 10.3 Å². The number of nitrogens with zero attached hydrogens (tertiary/aromatic N) is 2. The molecule has 0 saturated heterocycles. The van der Waals surface area contributed by atoms with Crippen molar-refractivity contribution in [1.29, 1.82) is 0 Å². The molecule has 178 valence electrons. The molecule has 3 aromatic carbocycles. The van der Waals surface area contributed by atoms with E-state index in [1.54, 1.807) is 41.8 Å². The van der Waals surface area contributed by atoms with Crippen LogP contribution >= 0.6 is 11.3 Å². The van der Waals surface area contributed by atoms with Gasteiger partial charge >= 0.3 is 5.97 Å². The first-order chi connectivity index (χ1) is 16.9. The van der Waals surface area contributed by atoms with Crippen LogP contribution in [0.5, 0.6) is 0 Å². The fraction of sp³-hybridized carbons (Fsp3) is 0.185. The number of rotatable bonds is 7. The SMILES string of the molecule is CCC(C(=O)O)n1/c(=N/C(=O)c2ccc(C)cc2)sc2cc(C(=O)NCc3ccccc3)ccc21. The first kappa shape index (κ1) is 24.1. The summed E-state index contributed by atoms with van der Waals surface area (Å²) >= 11 is 1.19. The summed E-state index contributed by atoms with van der Waals surface area (Å²) in [6.07, 6.45) is 0.312. The summed E-state index contributed by atoms with van der Waals surface area (Å²) in [5.41, 5.74) is 3.48. The van der Waals surface area contributed by atoms with Gasteiger partial charge in [0.05, 0.1) is 10.2 Å². The van der Waals surface area contributed by atoms with E-state index in [-0.39, 0.29) is 10.7 Å². The van der Waals surface area contributed by atoms with Crippen molar-refractivity contribution in [3.05, 3.63) is 99.9 Å². The molecule has 1 unspecified atom stereocenters. The maximum absolute atomic E-state index is 12.8. The Morgan fingerprint density at radius 2 is 1.69 bits per heavy atom. The van der Waals surface area contributed by atoms with Gasteiger partial charge < -0.3 is 15.0 Å². The number of amides is 2. The number of nitrogens with one attached hydrogen (secondary N) is 1. The molecule has 0 aliphatic heterocycles. The Morgan fingerprint density at radius 3 is 2.34 bits per heavy atom. The molecule has 1 heterocycles. The van der Waals surface area contributed by atoms with E-state index in [1.807, 2.05) is 49.4 Å². The van der Waals surface area contributed by atoms with Gasteiger partial charge in [0.2, 0.25) is 0 Å². The monoisotopic (exact) mass is 487 g/mol. The third kappa shape index (κ3) is 5.38. The minimum atomic E-state index is -1.01. The van der Waals surface area contributed by atoms with E-state index in [1.165, 1.54) is 11.3 Å². The Labute approximate surface area is 206 Å². The number of hydrogen-bond acceptors (Lipinski definition) is 4. The van der Waals surface area contributed by atoms with Gasteiger partial charge in [0.1, 0.15) is 6.04 Å². The molecule has 0 aliphatic rings. The lowest BCUT2D eigenvalue weighted by atomic mass is 10.1. The average molecular weight is 488 g/mol. The fourth-order valence-corrected chi connectivity index (χ4v) is 4.87. The second-order valence-electron chi connectivity index (χ2n) is 8.15. The van der Waals surface area contributed by atoms with E-state index < -0.39 is 17.9 Å². The second kappa shape index (κ2) is 10.5. The number of aliphatic carboxylic acids is 1. The maximum Gasteiger partial charge on any atom is 0.326 e. The van der Waals surface area contributed by atoms with Crippen LogP contribution in [-0.2, 0) is 11.3 Å². The molecule has 1 aromatic heterocycles. The number of carboxylic acids is 1. The van der Waals surface area contributed by atoms with Crippen molar-refractivity contribution in [3.8, 4) is 0 Å². The van der Waals surface area contributed by atoms with Crippen LogP contribution in [0.2, 0.25) is 0 Å². The minimum absolute atomic E-state index is 0.241. The lowest BCUT2D eigenvalue weighted by molar-refractivity contribution is -0.140. The van der Waals surface area contributed by atoms with Gasteiger partial charge in [-0.1, -0.05) is 66.3 Å². The first-order valence-electron chi connectivity index (χ1n) is 11.2. The van der Waals surface area contributed by atoms with Gasteiger partial charge in [0, 0.05) is 17.7 Å². The molecule has 8 heteroatoms. The van der Waals surface area contributed by atoms with E-state index in [0.717, 1.165) is 11.1 Å². The van der Waals surface area contributed by atoms with Gasteiger partial charge in [-0.3, -0.25) is 9.59 Å². The number of aryl methyl sites for hydroxylation is 1. The maximum atomic E-state index is 12.8. The van der Waals surface area contributed by atoms with Gasteiger partial charge in [0.15, 0.2) is 4.80 Å². The molecule has 0 aliphatic carbocycles. The van der Waals surface area contributed by atoms with Crippen molar-refractivity contribution in [2.45, 2.75) is 32.9 Å². The highest BCUT2D eigenvalue weighted by Crippen LogP contribution is 2.24. The third-order valence-electron chi connectivity index (χ3n) is 5.66. The molecule has 0 spiro atoms. The molecule has 1 atom stereocenters. The number of thiazole rings is 1. The van der Waals surface area contributed by atoms with E-state index in [0.29, 0.717) is 34.3 Å². The molecule has 2 N–H and O–H groups in total. The van der Waals surface area contributed by atoms with Crippen molar-refractivity contribution in [2.75, 3.05) is 0 Å². The fourth-order valence-electron chi connectivity index (χ4n) is 3.76. The molecule has 2 amide bonds. The van der Waals surface area contributed by atoms with Crippen LogP contribution in [0.25, 0.3) is 10.2 Å². The van der Waals surface area contributed by atoms with Gasteiger partial charge in [-0.15, -0.1) is 0 Å². The van der Waals surface area contributed by atoms with Gasteiger partial charge in [-0.05, 0) is 49.2 Å². The predicted octanol–water partition coefficient (Wildman–Crippen LogP) is 4.72. The second-order valence-corrected chi connectivity index (χ2v) is 9.16. The zero-order valence-electron chi connectivity index (χ0n) is 19.4. The zero-order chi connectivity index (χ0) is 24.9. The first-order valence-corrected chi connectivity index (χ1v) is 12.0. The lowest BCUT2D eigenvalue weighted by Crippen LogP contribution is -2.27. The summed E-state index contributed by atoms with van der Waals surface area (Å²) in [6, 6.07) is 20.8. The van der Waals surface area contributed by atoms with E-state index in [9.17, 15) is 19.5 Å². The highest BCUT2D eigenvalue weighted by Gasteiger charge is 2.23. The Balaban J connectivity index is 1.73. The minimum Gasteiger partial charge on any atom is -0.480 e. The molecular formula is C27H25N3O4S. The van der Waals surface area contributed by atoms with Crippen LogP contribution in [0.3, 0.4) is 0 Å². The average Bonchev–Trinajstić information content (AvgIpc) is 3.20. The molecular weight excluding hydrogens is 462 g/mol. The molecule has 0 fully saturated rings. The highest BCUT2D eigenvalue weighted by molar-refractivity contribution is 7.16. The molecule has 4 aromatic rings. The molecule has 0 saturated carbocycles. The molecule has 4 rings (SSSR count). The zero-order valence-corrected chi connectivity index (χ0v) is 20.2. The molecule has 0 radical (unpaired) electrons. The smallest absolute Gasteiger partial charge is 0.326 e. The van der Waals surface area contributed by atoms with Crippen molar-refractivity contribution in [3.63, 3.8) is 0 Å². The standard InChI is InChI=1S/C27H25N3O4S/c1-3-21(26(33)34)30-22-14-13-20(24(31)28-16-18-7-5-4-6-8-18)15-23(22)35-27(30)29-25(32)19-11-9-17(2)10-12-19/h4-15,21H,3,16H2,1-2H3,(H,28,31)(H,33,34)/b29-27-. The van der Waals surface area contributed by atoms with Crippen molar-refractivity contribution >= 4 is 39.3 Å². The number of fused-ring (bicyclic) bond motifs is 1. The normalized spacial score (nSPS) is 12.5. The molecule has 0 bridgehead atoms. The number of carboxylic acid groups (broad SMARTS) is 1. The van der Waals surface area contributed by atoms with Gasteiger partial charge in [0.25, 0.3) is 11.8 Å². The number of hydrogen-bond donors (Lipinski definition) is 2. The summed E-state index contributed by atoms with van der Waals surface area (Å²) in [6.45, 7) is 4.09. The Hall–Kier alpha value is -4.04. The van der Waals surface area contributed by atoms with Crippen molar-refractivity contribution < 1.29 is 19.5 Å². The van der Waals surface area contributed by atoms with Gasteiger partial charge in [-0.25, -0.2) is 4.79 Å². The van der Waals surface area contributed by atoms with Crippen LogP contribution in [0, 0.1) is 6.92 Å². The third-order valence-corrected chi connectivity index (χ3v) is 6.68. The quantitative estimate of drug-likeness (QED) is 0.394. The number of carbonyl (C=O) groups is 3. The Kier molecular flexibility index (Phi) is 7.22. The number of aromatic nitrogens is 1. The van der Waals surface area contributed by atoms with E-state index >= 15 is 0 Å². The van der Waals surface area contributed by atoms with E-state index in [4.69, 9.17) is 0 Å². The largest absolute Gasteiger partial charge is 0.480 e. The summed E-state index contributed by atoms with van der Waals surface area (Å²) in [5.74, 6) is -1.71. The molecule has 35 heavy (non-hydrogen) atoms. The number of benzene rings is 3. The lowest BCUT2D eigenvalue weighted by Gasteiger charge is -2.13. The Bertz CT molecular complexity index is 1450. The van der Waals surface area contributed by atoms with Crippen LogP contribution in [0.15, 0.2) is 77.8 Å².